The fourth-order valence-electron chi connectivity index (χ4n) is 2.15. The third-order valence-electron chi connectivity index (χ3n) is 3.58. The van der Waals surface area contributed by atoms with Gasteiger partial charge < -0.3 is 4.90 Å². The maximum absolute atomic E-state index is 9.15. The third kappa shape index (κ3) is 4.47. The lowest BCUT2D eigenvalue weighted by Crippen LogP contribution is -2.08. The first-order valence-corrected chi connectivity index (χ1v) is 7.70. The van der Waals surface area contributed by atoms with Crippen molar-refractivity contribution in [2.45, 2.75) is 0 Å². The topological polar surface area (TPSA) is 99.0 Å². The number of rotatable bonds is 5. The quantitative estimate of drug-likeness (QED) is 0.510. The van der Waals surface area contributed by atoms with Gasteiger partial charge in [-0.25, -0.2) is 0 Å². The summed E-state index contributed by atoms with van der Waals surface area (Å²) in [4.78, 5) is 2.02. The molecule has 0 fully saturated rings. The Morgan fingerprint density at radius 3 is 2.04 bits per heavy atom. The van der Waals surface area contributed by atoms with Gasteiger partial charge in [0, 0.05) is 19.8 Å². The molecule has 0 aliphatic carbocycles. The maximum Gasteiger partial charge on any atom is 0.148 e. The van der Waals surface area contributed by atoms with Crippen molar-refractivity contribution < 1.29 is 0 Å². The van der Waals surface area contributed by atoms with Gasteiger partial charge in [0.2, 0.25) is 0 Å². The molecule has 126 valence electrons. The van der Waals surface area contributed by atoms with E-state index in [1.807, 2.05) is 49.3 Å². The van der Waals surface area contributed by atoms with E-state index in [1.54, 1.807) is 42.6 Å². The summed E-state index contributed by atoms with van der Waals surface area (Å²) < 4.78 is 0. The molecule has 0 radical (unpaired) electrons. The third-order valence-corrected chi connectivity index (χ3v) is 3.58. The van der Waals surface area contributed by atoms with E-state index in [2.05, 4.69) is 10.5 Å². The Labute approximate surface area is 152 Å². The molecule has 2 rings (SSSR count). The molecule has 2 aromatic rings. The number of anilines is 2. The molecule has 0 amide bonds. The highest BCUT2D eigenvalue weighted by Gasteiger charge is 2.08. The molecule has 0 aromatic heterocycles. The van der Waals surface area contributed by atoms with Gasteiger partial charge in [0.25, 0.3) is 0 Å². The number of hydrogen-bond donors (Lipinski definition) is 1. The SMILES string of the molecule is CN(C)c1ccc(/C=N/Nc2ccc(C(C#N)=C(C#N)C#N)cc2)cc1. The van der Waals surface area contributed by atoms with Gasteiger partial charge >= 0.3 is 0 Å². The molecule has 0 atom stereocenters. The number of benzene rings is 2. The zero-order valence-corrected chi connectivity index (χ0v) is 14.4. The predicted octanol–water partition coefficient (Wildman–Crippen LogP) is 3.52. The van der Waals surface area contributed by atoms with Crippen molar-refractivity contribution in [1.29, 1.82) is 15.8 Å². The summed E-state index contributed by atoms with van der Waals surface area (Å²) in [6.45, 7) is 0. The van der Waals surface area contributed by atoms with Crippen LogP contribution < -0.4 is 10.3 Å². The molecule has 0 heterocycles. The number of nitriles is 3. The van der Waals surface area contributed by atoms with E-state index in [9.17, 15) is 0 Å². The standard InChI is InChI=1S/C20H16N6/c1-26(2)19-9-3-15(4-10-19)14-24-25-18-7-5-16(6-8-18)20(13-23)17(11-21)12-22/h3-10,14,25H,1-2H3/b24-14+. The Bertz CT molecular complexity index is 930. The van der Waals surface area contributed by atoms with Crippen molar-refractivity contribution in [3.05, 3.63) is 65.2 Å². The molecule has 26 heavy (non-hydrogen) atoms. The summed E-state index contributed by atoms with van der Waals surface area (Å²) in [5, 5.41) is 31.1. The lowest BCUT2D eigenvalue weighted by molar-refractivity contribution is 1.13. The molecule has 0 aliphatic rings. The molecular weight excluding hydrogens is 324 g/mol. The molecule has 2 aromatic carbocycles. The van der Waals surface area contributed by atoms with E-state index in [1.165, 1.54) is 0 Å². The van der Waals surface area contributed by atoms with Crippen molar-refractivity contribution in [2.75, 3.05) is 24.4 Å². The van der Waals surface area contributed by atoms with Crippen molar-refractivity contribution in [2.24, 2.45) is 5.10 Å². The van der Waals surface area contributed by atoms with Gasteiger partial charge in [-0.1, -0.05) is 24.3 Å². The molecule has 0 bridgehead atoms. The van der Waals surface area contributed by atoms with Crippen LogP contribution in [0.2, 0.25) is 0 Å². The van der Waals surface area contributed by atoms with Crippen LogP contribution in [-0.4, -0.2) is 20.3 Å². The maximum atomic E-state index is 9.15. The number of hydrogen-bond acceptors (Lipinski definition) is 6. The van der Waals surface area contributed by atoms with Crippen LogP contribution in [0.3, 0.4) is 0 Å². The fourth-order valence-corrected chi connectivity index (χ4v) is 2.15. The van der Waals surface area contributed by atoms with E-state index in [4.69, 9.17) is 15.8 Å². The first-order chi connectivity index (χ1) is 12.6. The highest BCUT2D eigenvalue weighted by Crippen LogP contribution is 2.20. The van der Waals surface area contributed by atoms with E-state index in [0.29, 0.717) is 5.56 Å². The van der Waals surface area contributed by atoms with Gasteiger partial charge in [0.15, 0.2) is 0 Å². The van der Waals surface area contributed by atoms with Crippen LogP contribution in [0.15, 0.2) is 59.2 Å². The second kappa shape index (κ2) is 8.68. The summed E-state index contributed by atoms with van der Waals surface area (Å²) in [7, 11) is 3.97. The summed E-state index contributed by atoms with van der Waals surface area (Å²) in [5.74, 6) is 0. The van der Waals surface area contributed by atoms with Gasteiger partial charge in [-0.05, 0) is 35.4 Å². The number of nitrogens with zero attached hydrogens (tertiary/aromatic N) is 5. The Morgan fingerprint density at radius 1 is 0.923 bits per heavy atom. The lowest BCUT2D eigenvalue weighted by atomic mass is 10.0. The molecular formula is C20H16N6. The summed E-state index contributed by atoms with van der Waals surface area (Å²) in [6, 6.07) is 20.1. The predicted molar refractivity (Wildman–Crippen MR) is 102 cm³/mol. The van der Waals surface area contributed by atoms with E-state index >= 15 is 0 Å². The molecule has 0 spiro atoms. The van der Waals surface area contributed by atoms with Crippen molar-refractivity contribution in [1.82, 2.24) is 0 Å². The minimum atomic E-state index is -0.201. The van der Waals surface area contributed by atoms with Gasteiger partial charge in [0.05, 0.1) is 17.5 Å². The highest BCUT2D eigenvalue weighted by molar-refractivity contribution is 5.85. The summed E-state index contributed by atoms with van der Waals surface area (Å²) >= 11 is 0. The smallest absolute Gasteiger partial charge is 0.148 e. The van der Waals surface area contributed by atoms with Gasteiger partial charge in [-0.2, -0.15) is 20.9 Å². The van der Waals surface area contributed by atoms with Gasteiger partial charge in [-0.15, -0.1) is 0 Å². The molecule has 0 aliphatic heterocycles. The van der Waals surface area contributed by atoms with Crippen LogP contribution in [0.5, 0.6) is 0 Å². The first kappa shape index (κ1) is 18.3. The lowest BCUT2D eigenvalue weighted by Gasteiger charge is -2.11. The Balaban J connectivity index is 2.08. The van der Waals surface area contributed by atoms with Gasteiger partial charge in [0.1, 0.15) is 23.8 Å². The second-order valence-corrected chi connectivity index (χ2v) is 5.52. The van der Waals surface area contributed by atoms with Crippen LogP contribution in [-0.2, 0) is 0 Å². The normalized spacial score (nSPS) is 9.65. The number of nitrogens with one attached hydrogen (secondary N) is 1. The first-order valence-electron chi connectivity index (χ1n) is 7.70. The average Bonchev–Trinajstić information content (AvgIpc) is 2.67. The van der Waals surface area contributed by atoms with Crippen LogP contribution in [0.4, 0.5) is 11.4 Å². The largest absolute Gasteiger partial charge is 0.378 e. The highest BCUT2D eigenvalue weighted by atomic mass is 15.3. The Hall–Kier alpha value is -4.08. The van der Waals surface area contributed by atoms with Crippen molar-refractivity contribution in [3.63, 3.8) is 0 Å². The van der Waals surface area contributed by atoms with E-state index in [0.717, 1.165) is 16.9 Å². The van der Waals surface area contributed by atoms with E-state index in [-0.39, 0.29) is 11.1 Å². The summed E-state index contributed by atoms with van der Waals surface area (Å²) in [5.41, 5.74) is 6.07. The zero-order chi connectivity index (χ0) is 18.9. The number of hydrazone groups is 1. The molecule has 0 saturated carbocycles. The molecule has 0 saturated heterocycles. The van der Waals surface area contributed by atoms with Crippen LogP contribution >= 0.6 is 0 Å². The minimum absolute atomic E-state index is 0.0611. The molecule has 0 unspecified atom stereocenters. The van der Waals surface area contributed by atoms with Crippen LogP contribution in [0.1, 0.15) is 11.1 Å². The Kier molecular flexibility index (Phi) is 6.10. The van der Waals surface area contributed by atoms with Crippen molar-refractivity contribution >= 4 is 23.2 Å². The zero-order valence-electron chi connectivity index (χ0n) is 14.4. The fraction of sp³-hybridized carbons (Fsp3) is 0.100. The second-order valence-electron chi connectivity index (χ2n) is 5.52. The summed E-state index contributed by atoms with van der Waals surface area (Å²) in [6.07, 6.45) is 1.71. The van der Waals surface area contributed by atoms with E-state index < -0.39 is 0 Å². The van der Waals surface area contributed by atoms with Crippen molar-refractivity contribution in [3.8, 4) is 18.2 Å². The van der Waals surface area contributed by atoms with Gasteiger partial charge in [-0.3, -0.25) is 5.43 Å². The van der Waals surface area contributed by atoms with Crippen LogP contribution in [0.25, 0.3) is 5.57 Å². The van der Waals surface area contributed by atoms with Crippen LogP contribution in [0, 0.1) is 34.0 Å². The number of allylic oxidation sites excluding steroid dienone is 2. The average molecular weight is 340 g/mol. The molecule has 6 heteroatoms. The Morgan fingerprint density at radius 2 is 1.54 bits per heavy atom. The molecule has 1 N–H and O–H groups in total. The monoisotopic (exact) mass is 340 g/mol. The minimum Gasteiger partial charge on any atom is -0.378 e. The molecule has 6 nitrogen and oxygen atoms in total.